The molecule has 1 fully saturated rings. The number of fused-ring (bicyclic) bond motifs is 1. The van der Waals surface area contributed by atoms with Crippen LogP contribution in [0.3, 0.4) is 0 Å². The number of hydrogen-bond acceptors (Lipinski definition) is 6. The van der Waals surface area contributed by atoms with E-state index in [0.717, 1.165) is 19.3 Å². The topological polar surface area (TPSA) is 80.8 Å². The standard InChI is InChI=1S/C16H21NO5S2/c1-10(15(18)17(2)12-6-7-24(20,21)9-12)22-16(19)14-8-11-4-3-5-13(11)23-14/h8,10,12H,3-7,9H2,1-2H3/t10-,12+/m1/s1. The highest BCUT2D eigenvalue weighted by molar-refractivity contribution is 7.91. The van der Waals surface area contributed by atoms with Crippen LogP contribution in [0, 0.1) is 0 Å². The van der Waals surface area contributed by atoms with E-state index >= 15 is 0 Å². The second-order valence-electron chi connectivity index (χ2n) is 6.47. The summed E-state index contributed by atoms with van der Waals surface area (Å²) in [6.45, 7) is 1.53. The highest BCUT2D eigenvalue weighted by atomic mass is 32.2. The summed E-state index contributed by atoms with van der Waals surface area (Å²) in [5.74, 6) is -0.769. The highest BCUT2D eigenvalue weighted by Gasteiger charge is 2.35. The average Bonchev–Trinajstić information content (AvgIpc) is 3.19. The van der Waals surface area contributed by atoms with Gasteiger partial charge in [-0.3, -0.25) is 4.79 Å². The Morgan fingerprint density at radius 2 is 2.12 bits per heavy atom. The van der Waals surface area contributed by atoms with Crippen molar-refractivity contribution in [3.8, 4) is 0 Å². The normalized spacial score (nSPS) is 22.8. The fraction of sp³-hybridized carbons (Fsp3) is 0.625. The third-order valence-corrected chi connectivity index (χ3v) is 7.65. The number of hydrogen-bond donors (Lipinski definition) is 0. The second kappa shape index (κ2) is 6.48. The number of amides is 1. The van der Waals surface area contributed by atoms with E-state index in [2.05, 4.69) is 0 Å². The van der Waals surface area contributed by atoms with Gasteiger partial charge >= 0.3 is 5.97 Å². The lowest BCUT2D eigenvalue weighted by molar-refractivity contribution is -0.140. The molecule has 1 aliphatic heterocycles. The zero-order valence-corrected chi connectivity index (χ0v) is 15.4. The van der Waals surface area contributed by atoms with Crippen LogP contribution < -0.4 is 0 Å². The molecule has 3 rings (SSSR count). The molecule has 2 heterocycles. The Morgan fingerprint density at radius 1 is 1.38 bits per heavy atom. The van der Waals surface area contributed by atoms with Crippen molar-refractivity contribution in [2.45, 2.75) is 44.8 Å². The molecule has 1 saturated heterocycles. The van der Waals surface area contributed by atoms with Gasteiger partial charge in [0, 0.05) is 18.0 Å². The zero-order chi connectivity index (χ0) is 17.5. The third-order valence-electron chi connectivity index (χ3n) is 4.68. The summed E-state index contributed by atoms with van der Waals surface area (Å²) < 4.78 is 28.4. The monoisotopic (exact) mass is 371 g/mol. The van der Waals surface area contributed by atoms with Gasteiger partial charge < -0.3 is 9.64 Å². The fourth-order valence-electron chi connectivity index (χ4n) is 3.25. The van der Waals surface area contributed by atoms with Crippen LogP contribution in [0.1, 0.15) is 39.9 Å². The molecule has 8 heteroatoms. The zero-order valence-electron chi connectivity index (χ0n) is 13.8. The number of aryl methyl sites for hydroxylation is 2. The smallest absolute Gasteiger partial charge is 0.349 e. The minimum Gasteiger partial charge on any atom is -0.448 e. The van der Waals surface area contributed by atoms with Gasteiger partial charge in [0.05, 0.1) is 11.5 Å². The van der Waals surface area contributed by atoms with Gasteiger partial charge in [-0.05, 0) is 44.2 Å². The molecular formula is C16H21NO5S2. The summed E-state index contributed by atoms with van der Waals surface area (Å²) in [5.41, 5.74) is 1.21. The average molecular weight is 371 g/mol. The minimum absolute atomic E-state index is 0.0203. The van der Waals surface area contributed by atoms with Crippen LogP contribution in [0.5, 0.6) is 0 Å². The first-order chi connectivity index (χ1) is 11.3. The Labute approximate surface area is 145 Å². The lowest BCUT2D eigenvalue weighted by Gasteiger charge is -2.26. The molecule has 0 saturated carbocycles. The first kappa shape index (κ1) is 17.4. The Kier molecular flexibility index (Phi) is 4.70. The number of nitrogens with zero attached hydrogens (tertiary/aromatic N) is 1. The third kappa shape index (κ3) is 3.49. The lowest BCUT2D eigenvalue weighted by Crippen LogP contribution is -2.44. The first-order valence-corrected chi connectivity index (χ1v) is 10.7. The van der Waals surface area contributed by atoms with Gasteiger partial charge in [0.1, 0.15) is 4.88 Å². The summed E-state index contributed by atoms with van der Waals surface area (Å²) >= 11 is 1.44. The second-order valence-corrected chi connectivity index (χ2v) is 9.83. The molecule has 1 aliphatic carbocycles. The quantitative estimate of drug-likeness (QED) is 0.748. The number of rotatable bonds is 4. The van der Waals surface area contributed by atoms with Crippen LogP contribution in [0.4, 0.5) is 0 Å². The molecule has 1 amide bonds. The van der Waals surface area contributed by atoms with E-state index in [1.54, 1.807) is 7.05 Å². The fourth-order valence-corrected chi connectivity index (χ4v) is 6.16. The molecule has 0 N–H and O–H groups in total. The number of thiophene rings is 1. The summed E-state index contributed by atoms with van der Waals surface area (Å²) in [7, 11) is -1.50. The molecular weight excluding hydrogens is 350 g/mol. The van der Waals surface area contributed by atoms with Gasteiger partial charge in [0.25, 0.3) is 5.91 Å². The molecule has 0 radical (unpaired) electrons. The molecule has 1 aromatic rings. The van der Waals surface area contributed by atoms with Crippen molar-refractivity contribution in [2.75, 3.05) is 18.6 Å². The molecule has 6 nitrogen and oxygen atoms in total. The lowest BCUT2D eigenvalue weighted by atomic mass is 10.2. The summed E-state index contributed by atoms with van der Waals surface area (Å²) in [6.07, 6.45) is 2.62. The Hall–Kier alpha value is -1.41. The van der Waals surface area contributed by atoms with Crippen LogP contribution in [0.25, 0.3) is 0 Å². The first-order valence-electron chi connectivity index (χ1n) is 8.06. The maximum Gasteiger partial charge on any atom is 0.349 e. The molecule has 2 atom stereocenters. The van der Waals surface area contributed by atoms with E-state index in [0.29, 0.717) is 11.3 Å². The maximum absolute atomic E-state index is 12.4. The number of ether oxygens (including phenoxy) is 1. The Morgan fingerprint density at radius 3 is 2.75 bits per heavy atom. The molecule has 0 unspecified atom stereocenters. The summed E-state index contributed by atoms with van der Waals surface area (Å²) in [6, 6.07) is 1.52. The number of carbonyl (C=O) groups excluding carboxylic acids is 2. The molecule has 132 valence electrons. The van der Waals surface area contributed by atoms with Crippen LogP contribution >= 0.6 is 11.3 Å². The van der Waals surface area contributed by atoms with Crippen LogP contribution in [-0.4, -0.2) is 55.9 Å². The van der Waals surface area contributed by atoms with Crippen molar-refractivity contribution < 1.29 is 22.7 Å². The van der Waals surface area contributed by atoms with Crippen molar-refractivity contribution in [1.82, 2.24) is 4.90 Å². The SMILES string of the molecule is C[C@@H](OC(=O)c1cc2c(s1)CCC2)C(=O)N(C)[C@H]1CCS(=O)(=O)C1. The van der Waals surface area contributed by atoms with E-state index in [-0.39, 0.29) is 23.5 Å². The largest absolute Gasteiger partial charge is 0.448 e. The molecule has 24 heavy (non-hydrogen) atoms. The molecule has 0 aromatic carbocycles. The van der Waals surface area contributed by atoms with Crippen molar-refractivity contribution in [3.05, 3.63) is 21.4 Å². The van der Waals surface area contributed by atoms with Gasteiger partial charge in [0.15, 0.2) is 15.9 Å². The molecule has 2 aliphatic rings. The van der Waals surface area contributed by atoms with Crippen LogP contribution in [0.2, 0.25) is 0 Å². The van der Waals surface area contributed by atoms with E-state index in [1.807, 2.05) is 6.07 Å². The van der Waals surface area contributed by atoms with Crippen molar-refractivity contribution in [2.24, 2.45) is 0 Å². The minimum atomic E-state index is -3.06. The Bertz CT molecular complexity index is 746. The maximum atomic E-state index is 12.4. The number of carbonyl (C=O) groups is 2. The van der Waals surface area contributed by atoms with Gasteiger partial charge in [-0.15, -0.1) is 11.3 Å². The molecule has 0 spiro atoms. The van der Waals surface area contributed by atoms with Gasteiger partial charge in [0.2, 0.25) is 0 Å². The Balaban J connectivity index is 1.60. The number of likely N-dealkylation sites (N-methyl/N-ethyl adjacent to an activating group) is 1. The number of sulfone groups is 1. The number of esters is 1. The predicted octanol–water partition coefficient (Wildman–Crippen LogP) is 1.43. The van der Waals surface area contributed by atoms with E-state index < -0.39 is 21.9 Å². The van der Waals surface area contributed by atoms with Gasteiger partial charge in [-0.1, -0.05) is 0 Å². The van der Waals surface area contributed by atoms with E-state index in [9.17, 15) is 18.0 Å². The molecule has 0 bridgehead atoms. The summed E-state index contributed by atoms with van der Waals surface area (Å²) in [5, 5.41) is 0. The van der Waals surface area contributed by atoms with E-state index in [1.165, 1.54) is 33.6 Å². The summed E-state index contributed by atoms with van der Waals surface area (Å²) in [4.78, 5) is 27.8. The van der Waals surface area contributed by atoms with E-state index in [4.69, 9.17) is 4.74 Å². The van der Waals surface area contributed by atoms with Crippen molar-refractivity contribution in [3.63, 3.8) is 0 Å². The predicted molar refractivity (Wildman–Crippen MR) is 91.1 cm³/mol. The highest BCUT2D eigenvalue weighted by Crippen LogP contribution is 2.31. The van der Waals surface area contributed by atoms with Crippen LogP contribution in [0.15, 0.2) is 6.07 Å². The van der Waals surface area contributed by atoms with Crippen molar-refractivity contribution in [1.29, 1.82) is 0 Å². The van der Waals surface area contributed by atoms with Gasteiger partial charge in [-0.25, -0.2) is 13.2 Å². The van der Waals surface area contributed by atoms with Gasteiger partial charge in [-0.2, -0.15) is 0 Å². The molecule has 1 aromatic heterocycles. The van der Waals surface area contributed by atoms with Crippen LogP contribution in [-0.2, 0) is 32.2 Å². The van der Waals surface area contributed by atoms with Crippen molar-refractivity contribution >= 4 is 33.1 Å².